The third-order valence-electron chi connectivity index (χ3n) is 3.37. The van der Waals surface area contributed by atoms with E-state index < -0.39 is 0 Å². The van der Waals surface area contributed by atoms with Gasteiger partial charge in [-0.25, -0.2) is 0 Å². The lowest BCUT2D eigenvalue weighted by atomic mass is 10.1. The molecule has 0 spiro atoms. The summed E-state index contributed by atoms with van der Waals surface area (Å²) in [6.07, 6.45) is 0.330. The first-order chi connectivity index (χ1) is 8.94. The molecule has 3 nitrogen and oxygen atoms in total. The van der Waals surface area contributed by atoms with Crippen LogP contribution in [0, 0.1) is 0 Å². The maximum absolute atomic E-state index is 5.58. The van der Waals surface area contributed by atoms with Gasteiger partial charge >= 0.3 is 0 Å². The van der Waals surface area contributed by atoms with Gasteiger partial charge in [0.2, 0.25) is 0 Å². The van der Waals surface area contributed by atoms with Gasteiger partial charge in [-0.2, -0.15) is 0 Å². The largest absolute Gasteiger partial charge is 0.375 e. The van der Waals surface area contributed by atoms with E-state index in [4.69, 9.17) is 4.74 Å². The summed E-state index contributed by atoms with van der Waals surface area (Å²) in [4.78, 5) is 2.40. The molecule has 1 fully saturated rings. The van der Waals surface area contributed by atoms with E-state index in [1.165, 1.54) is 11.3 Å². The number of hydrogen-bond acceptors (Lipinski definition) is 3. The highest BCUT2D eigenvalue weighted by Crippen LogP contribution is 2.18. The van der Waals surface area contributed by atoms with Gasteiger partial charge in [-0.15, -0.1) is 0 Å². The lowest BCUT2D eigenvalue weighted by molar-refractivity contribution is 0.0532. The Balaban J connectivity index is 1.94. The molecule has 19 heavy (non-hydrogen) atoms. The van der Waals surface area contributed by atoms with Crippen molar-refractivity contribution in [1.29, 1.82) is 0 Å². The summed E-state index contributed by atoms with van der Waals surface area (Å²) >= 11 is 0. The van der Waals surface area contributed by atoms with E-state index in [0.717, 1.165) is 26.2 Å². The molecule has 0 aliphatic carbocycles. The Morgan fingerprint density at radius 3 is 2.53 bits per heavy atom. The third kappa shape index (κ3) is 4.51. The lowest BCUT2D eigenvalue weighted by Crippen LogP contribution is -2.41. The van der Waals surface area contributed by atoms with Crippen LogP contribution in [0.25, 0.3) is 0 Å². The smallest absolute Gasteiger partial charge is 0.0722 e. The normalized spacial score (nSPS) is 20.6. The highest BCUT2D eigenvalue weighted by atomic mass is 16.5. The van der Waals surface area contributed by atoms with Crippen molar-refractivity contribution in [2.24, 2.45) is 0 Å². The van der Waals surface area contributed by atoms with Gasteiger partial charge in [0.05, 0.1) is 12.7 Å². The number of hydrogen-bond donors (Lipinski definition) is 1. The van der Waals surface area contributed by atoms with Crippen LogP contribution in [0.4, 0.5) is 5.69 Å². The van der Waals surface area contributed by atoms with Crippen LogP contribution in [0.3, 0.4) is 0 Å². The van der Waals surface area contributed by atoms with Gasteiger partial charge in [-0.05, 0) is 45.4 Å². The van der Waals surface area contributed by atoms with Crippen molar-refractivity contribution in [3.8, 4) is 0 Å². The zero-order chi connectivity index (χ0) is 13.9. The molecule has 1 N–H and O–H groups in total. The Kier molecular flexibility index (Phi) is 4.48. The molecule has 1 aliphatic rings. The maximum Gasteiger partial charge on any atom is 0.0722 e. The Labute approximate surface area is 116 Å². The van der Waals surface area contributed by atoms with Crippen molar-refractivity contribution >= 4 is 5.69 Å². The van der Waals surface area contributed by atoms with Gasteiger partial charge in [0.1, 0.15) is 0 Å². The van der Waals surface area contributed by atoms with Gasteiger partial charge in [-0.1, -0.05) is 12.1 Å². The molecular weight excluding hydrogens is 236 g/mol. The van der Waals surface area contributed by atoms with Crippen molar-refractivity contribution in [3.05, 3.63) is 29.8 Å². The molecule has 1 aromatic carbocycles. The number of nitrogens with one attached hydrogen (secondary N) is 1. The molecular formula is C16H26N2O. The number of morpholine rings is 1. The monoisotopic (exact) mass is 262 g/mol. The van der Waals surface area contributed by atoms with Crippen LogP contribution in [-0.2, 0) is 11.3 Å². The number of rotatable bonds is 3. The van der Waals surface area contributed by atoms with E-state index in [9.17, 15) is 0 Å². The summed E-state index contributed by atoms with van der Waals surface area (Å²) in [7, 11) is 0. The Morgan fingerprint density at radius 2 is 1.95 bits per heavy atom. The summed E-state index contributed by atoms with van der Waals surface area (Å²) in [6, 6.07) is 8.87. The molecule has 0 aromatic heterocycles. The van der Waals surface area contributed by atoms with Gasteiger partial charge in [0.25, 0.3) is 0 Å². The van der Waals surface area contributed by atoms with E-state index in [2.05, 4.69) is 62.2 Å². The van der Waals surface area contributed by atoms with Crippen LogP contribution < -0.4 is 10.2 Å². The molecule has 1 aliphatic heterocycles. The van der Waals surface area contributed by atoms with Gasteiger partial charge in [0, 0.05) is 30.9 Å². The highest BCUT2D eigenvalue weighted by molar-refractivity contribution is 5.48. The first-order valence-corrected chi connectivity index (χ1v) is 7.14. The maximum atomic E-state index is 5.58. The molecule has 3 heteroatoms. The van der Waals surface area contributed by atoms with Crippen LogP contribution in [0.2, 0.25) is 0 Å². The topological polar surface area (TPSA) is 24.5 Å². The van der Waals surface area contributed by atoms with Crippen LogP contribution in [0.1, 0.15) is 33.3 Å². The fourth-order valence-corrected chi connectivity index (χ4v) is 2.24. The molecule has 1 saturated heterocycles. The van der Waals surface area contributed by atoms with Crippen LogP contribution in [0.5, 0.6) is 0 Å². The molecule has 106 valence electrons. The zero-order valence-electron chi connectivity index (χ0n) is 12.6. The van der Waals surface area contributed by atoms with Gasteiger partial charge < -0.3 is 15.0 Å². The number of ether oxygens (including phenoxy) is 1. The SMILES string of the molecule is CC1CN(c2ccc(CNC(C)(C)C)cc2)CCO1. The van der Waals surface area contributed by atoms with Crippen molar-refractivity contribution in [3.63, 3.8) is 0 Å². The number of nitrogens with zero attached hydrogens (tertiary/aromatic N) is 1. The highest BCUT2D eigenvalue weighted by Gasteiger charge is 2.16. The van der Waals surface area contributed by atoms with Crippen LogP contribution >= 0.6 is 0 Å². The first-order valence-electron chi connectivity index (χ1n) is 7.14. The molecule has 1 heterocycles. The summed E-state index contributed by atoms with van der Waals surface area (Å²) in [6.45, 7) is 12.4. The van der Waals surface area contributed by atoms with E-state index in [0.29, 0.717) is 6.10 Å². The minimum atomic E-state index is 0.165. The van der Waals surface area contributed by atoms with Crippen molar-refractivity contribution < 1.29 is 4.74 Å². The molecule has 2 rings (SSSR count). The van der Waals surface area contributed by atoms with Crippen LogP contribution in [0.15, 0.2) is 24.3 Å². The molecule has 0 saturated carbocycles. The predicted octanol–water partition coefficient (Wildman–Crippen LogP) is 2.80. The molecule has 1 atom stereocenters. The van der Waals surface area contributed by atoms with E-state index in [1.807, 2.05) is 0 Å². The lowest BCUT2D eigenvalue weighted by Gasteiger charge is -2.33. The average molecular weight is 262 g/mol. The second-order valence-electron chi connectivity index (χ2n) is 6.40. The fraction of sp³-hybridized carbons (Fsp3) is 0.625. The second-order valence-corrected chi connectivity index (χ2v) is 6.40. The van der Waals surface area contributed by atoms with Crippen LogP contribution in [-0.4, -0.2) is 31.3 Å². The minimum absolute atomic E-state index is 0.165. The Hall–Kier alpha value is -1.06. The summed E-state index contributed by atoms with van der Waals surface area (Å²) in [5, 5.41) is 3.51. The van der Waals surface area contributed by atoms with Crippen molar-refractivity contribution in [1.82, 2.24) is 5.32 Å². The van der Waals surface area contributed by atoms with Gasteiger partial charge in [-0.3, -0.25) is 0 Å². The zero-order valence-corrected chi connectivity index (χ0v) is 12.6. The number of anilines is 1. The number of benzene rings is 1. The Bertz CT molecular complexity index is 394. The first kappa shape index (κ1) is 14.4. The van der Waals surface area contributed by atoms with E-state index in [1.54, 1.807) is 0 Å². The van der Waals surface area contributed by atoms with E-state index in [-0.39, 0.29) is 5.54 Å². The molecule has 0 radical (unpaired) electrons. The summed E-state index contributed by atoms with van der Waals surface area (Å²) in [5.74, 6) is 0. The summed E-state index contributed by atoms with van der Waals surface area (Å²) < 4.78 is 5.58. The minimum Gasteiger partial charge on any atom is -0.375 e. The Morgan fingerprint density at radius 1 is 1.26 bits per heavy atom. The quantitative estimate of drug-likeness (QED) is 0.906. The van der Waals surface area contributed by atoms with Crippen molar-refractivity contribution in [2.75, 3.05) is 24.6 Å². The average Bonchev–Trinajstić information content (AvgIpc) is 2.36. The third-order valence-corrected chi connectivity index (χ3v) is 3.37. The second kappa shape index (κ2) is 5.93. The molecule has 0 bridgehead atoms. The van der Waals surface area contributed by atoms with E-state index >= 15 is 0 Å². The van der Waals surface area contributed by atoms with Crippen molar-refractivity contribution in [2.45, 2.75) is 45.9 Å². The molecule has 0 amide bonds. The molecule has 1 aromatic rings. The van der Waals surface area contributed by atoms with Gasteiger partial charge in [0.15, 0.2) is 0 Å². The summed E-state index contributed by atoms with van der Waals surface area (Å²) in [5.41, 5.74) is 2.80. The standard InChI is InChI=1S/C16H26N2O/c1-13-12-18(9-10-19-13)15-7-5-14(6-8-15)11-17-16(2,3)4/h5-8,13,17H,9-12H2,1-4H3. The predicted molar refractivity (Wildman–Crippen MR) is 80.7 cm³/mol. The molecule has 1 unspecified atom stereocenters. The fourth-order valence-electron chi connectivity index (χ4n) is 2.24.